The van der Waals surface area contributed by atoms with Crippen LogP contribution in [0.15, 0.2) is 28.7 Å². The lowest BCUT2D eigenvalue weighted by Crippen LogP contribution is -2.40. The van der Waals surface area contributed by atoms with Crippen LogP contribution in [0.3, 0.4) is 0 Å². The van der Waals surface area contributed by atoms with E-state index in [1.807, 2.05) is 0 Å². The molecular formula is C15H23BrN2O. The first-order valence-corrected chi connectivity index (χ1v) is 7.78. The molecule has 1 fully saturated rings. The summed E-state index contributed by atoms with van der Waals surface area (Å²) in [6, 6.07) is 8.59. The third-order valence-corrected chi connectivity index (χ3v) is 4.06. The Morgan fingerprint density at radius 3 is 2.79 bits per heavy atom. The smallest absolute Gasteiger partial charge is 0.0712 e. The van der Waals surface area contributed by atoms with E-state index < -0.39 is 0 Å². The van der Waals surface area contributed by atoms with Crippen LogP contribution in [0.2, 0.25) is 0 Å². The van der Waals surface area contributed by atoms with Gasteiger partial charge in [-0.05, 0) is 37.6 Å². The summed E-state index contributed by atoms with van der Waals surface area (Å²) in [7, 11) is 2.19. The van der Waals surface area contributed by atoms with E-state index >= 15 is 0 Å². The number of nitrogens with zero attached hydrogens (tertiary/aromatic N) is 1. The van der Waals surface area contributed by atoms with E-state index in [2.05, 4.69) is 57.5 Å². The van der Waals surface area contributed by atoms with Crippen molar-refractivity contribution in [1.82, 2.24) is 10.2 Å². The minimum Gasteiger partial charge on any atom is -0.376 e. The van der Waals surface area contributed by atoms with E-state index in [0.717, 1.165) is 50.1 Å². The molecule has 0 amide bonds. The largest absolute Gasteiger partial charge is 0.376 e. The molecule has 0 saturated carbocycles. The number of hydrogen-bond acceptors (Lipinski definition) is 3. The van der Waals surface area contributed by atoms with E-state index in [9.17, 15) is 0 Å². The first-order valence-electron chi connectivity index (χ1n) is 6.99. The lowest BCUT2D eigenvalue weighted by atomic mass is 10.1. The molecule has 0 bridgehead atoms. The molecular weight excluding hydrogens is 304 g/mol. The topological polar surface area (TPSA) is 24.5 Å². The van der Waals surface area contributed by atoms with Crippen LogP contribution in [0.5, 0.6) is 0 Å². The van der Waals surface area contributed by atoms with Crippen LogP contribution in [-0.4, -0.2) is 50.8 Å². The molecule has 2 rings (SSSR count). The second-order valence-electron chi connectivity index (χ2n) is 5.17. The summed E-state index contributed by atoms with van der Waals surface area (Å²) >= 11 is 3.46. The number of rotatable bonds is 6. The van der Waals surface area contributed by atoms with Crippen molar-refractivity contribution in [2.24, 2.45) is 0 Å². The lowest BCUT2D eigenvalue weighted by Gasteiger charge is -2.25. The van der Waals surface area contributed by atoms with Gasteiger partial charge in [-0.1, -0.05) is 28.1 Å². The highest BCUT2D eigenvalue weighted by Crippen LogP contribution is 2.11. The second kappa shape index (κ2) is 8.00. The molecule has 1 aliphatic rings. The van der Waals surface area contributed by atoms with Gasteiger partial charge in [-0.15, -0.1) is 0 Å². The van der Waals surface area contributed by atoms with E-state index in [1.54, 1.807) is 0 Å². The van der Waals surface area contributed by atoms with E-state index in [0.29, 0.717) is 6.10 Å². The van der Waals surface area contributed by atoms with Crippen molar-refractivity contribution in [3.8, 4) is 0 Å². The predicted octanol–water partition coefficient (Wildman–Crippen LogP) is 2.30. The van der Waals surface area contributed by atoms with Crippen LogP contribution in [-0.2, 0) is 11.2 Å². The molecule has 19 heavy (non-hydrogen) atoms. The molecule has 1 atom stereocenters. The van der Waals surface area contributed by atoms with E-state index in [1.165, 1.54) is 5.56 Å². The average molecular weight is 327 g/mol. The van der Waals surface area contributed by atoms with Crippen LogP contribution < -0.4 is 5.32 Å². The van der Waals surface area contributed by atoms with Gasteiger partial charge in [0.25, 0.3) is 0 Å². The van der Waals surface area contributed by atoms with Crippen LogP contribution >= 0.6 is 15.9 Å². The second-order valence-corrected chi connectivity index (χ2v) is 6.08. The summed E-state index contributed by atoms with van der Waals surface area (Å²) in [5.74, 6) is 0. The summed E-state index contributed by atoms with van der Waals surface area (Å²) in [5, 5.41) is 3.37. The van der Waals surface area contributed by atoms with Gasteiger partial charge < -0.3 is 15.0 Å². The Bertz CT molecular complexity index is 363. The van der Waals surface area contributed by atoms with E-state index in [-0.39, 0.29) is 0 Å². The number of hydrogen-bond donors (Lipinski definition) is 1. The number of benzene rings is 1. The molecule has 1 N–H and O–H groups in total. The van der Waals surface area contributed by atoms with Crippen LogP contribution in [0.1, 0.15) is 12.0 Å². The van der Waals surface area contributed by atoms with Gasteiger partial charge in [0.05, 0.1) is 12.7 Å². The molecule has 0 radical (unpaired) electrons. The molecule has 0 aromatic heterocycles. The van der Waals surface area contributed by atoms with Crippen molar-refractivity contribution in [3.63, 3.8) is 0 Å². The minimum absolute atomic E-state index is 0.392. The number of ether oxygens (including phenoxy) is 1. The first-order chi connectivity index (χ1) is 9.24. The molecule has 0 spiro atoms. The highest BCUT2D eigenvalue weighted by atomic mass is 79.9. The molecule has 1 aromatic carbocycles. The Hall–Kier alpha value is -0.420. The van der Waals surface area contributed by atoms with Gasteiger partial charge >= 0.3 is 0 Å². The summed E-state index contributed by atoms with van der Waals surface area (Å²) in [5.41, 5.74) is 1.39. The summed E-state index contributed by atoms with van der Waals surface area (Å²) in [4.78, 5) is 2.39. The van der Waals surface area contributed by atoms with Crippen molar-refractivity contribution in [3.05, 3.63) is 34.3 Å². The van der Waals surface area contributed by atoms with Gasteiger partial charge in [-0.2, -0.15) is 0 Å². The van der Waals surface area contributed by atoms with Crippen molar-refractivity contribution < 1.29 is 4.74 Å². The van der Waals surface area contributed by atoms with Crippen molar-refractivity contribution in [2.45, 2.75) is 18.9 Å². The summed E-state index contributed by atoms with van der Waals surface area (Å²) in [6.07, 6.45) is 2.61. The van der Waals surface area contributed by atoms with Crippen molar-refractivity contribution >= 4 is 15.9 Å². The fourth-order valence-electron chi connectivity index (χ4n) is 2.25. The molecule has 1 heterocycles. The van der Waals surface area contributed by atoms with Crippen molar-refractivity contribution in [2.75, 3.05) is 39.8 Å². The SMILES string of the molecule is CN(CCc1ccc(Br)cc1)CCC1CNCCO1. The average Bonchev–Trinajstić information content (AvgIpc) is 2.45. The fourth-order valence-corrected chi connectivity index (χ4v) is 2.52. The molecule has 1 saturated heterocycles. The van der Waals surface area contributed by atoms with Gasteiger partial charge in [0.15, 0.2) is 0 Å². The van der Waals surface area contributed by atoms with Gasteiger partial charge in [0.2, 0.25) is 0 Å². The lowest BCUT2D eigenvalue weighted by molar-refractivity contribution is 0.0188. The molecule has 1 unspecified atom stereocenters. The summed E-state index contributed by atoms with van der Waals surface area (Å²) < 4.78 is 6.85. The highest BCUT2D eigenvalue weighted by molar-refractivity contribution is 9.10. The minimum atomic E-state index is 0.392. The number of halogens is 1. The van der Waals surface area contributed by atoms with Gasteiger partial charge in [-0.3, -0.25) is 0 Å². The van der Waals surface area contributed by atoms with E-state index in [4.69, 9.17) is 4.74 Å². The quantitative estimate of drug-likeness (QED) is 0.868. The zero-order valence-corrected chi connectivity index (χ0v) is 13.2. The zero-order chi connectivity index (χ0) is 13.5. The maximum absolute atomic E-state index is 5.71. The zero-order valence-electron chi connectivity index (χ0n) is 11.6. The van der Waals surface area contributed by atoms with Crippen LogP contribution in [0, 0.1) is 0 Å². The maximum atomic E-state index is 5.71. The maximum Gasteiger partial charge on any atom is 0.0712 e. The number of likely N-dealkylation sites (N-methyl/N-ethyl adjacent to an activating group) is 1. The van der Waals surface area contributed by atoms with Gasteiger partial charge in [0, 0.05) is 30.7 Å². The first kappa shape index (κ1) is 15.0. The Morgan fingerprint density at radius 1 is 1.32 bits per heavy atom. The number of nitrogens with one attached hydrogen (secondary N) is 1. The van der Waals surface area contributed by atoms with Crippen LogP contribution in [0.4, 0.5) is 0 Å². The molecule has 0 aliphatic carbocycles. The molecule has 1 aliphatic heterocycles. The third-order valence-electron chi connectivity index (χ3n) is 3.53. The Balaban J connectivity index is 1.63. The Kier molecular flexibility index (Phi) is 6.31. The molecule has 1 aromatic rings. The molecule has 106 valence electrons. The predicted molar refractivity (Wildman–Crippen MR) is 82.6 cm³/mol. The Morgan fingerprint density at radius 2 is 2.11 bits per heavy atom. The summed E-state index contributed by atoms with van der Waals surface area (Å²) in [6.45, 7) is 5.05. The normalized spacial score (nSPS) is 19.8. The fraction of sp³-hybridized carbons (Fsp3) is 0.600. The van der Waals surface area contributed by atoms with Gasteiger partial charge in [-0.25, -0.2) is 0 Å². The molecule has 4 heteroatoms. The monoisotopic (exact) mass is 326 g/mol. The highest BCUT2D eigenvalue weighted by Gasteiger charge is 2.13. The van der Waals surface area contributed by atoms with Gasteiger partial charge in [0.1, 0.15) is 0 Å². The van der Waals surface area contributed by atoms with Crippen molar-refractivity contribution in [1.29, 1.82) is 0 Å². The standard InChI is InChI=1S/C15H23BrN2O/c1-18(10-7-15-12-17-8-11-19-15)9-6-13-2-4-14(16)5-3-13/h2-5,15,17H,6-12H2,1H3. The third kappa shape index (κ3) is 5.61. The number of morpholine rings is 1. The molecule has 3 nitrogen and oxygen atoms in total. The van der Waals surface area contributed by atoms with Crippen LogP contribution in [0.25, 0.3) is 0 Å². The Labute approximate surface area is 124 Å².